The van der Waals surface area contributed by atoms with Crippen molar-refractivity contribution in [3.05, 3.63) is 83.2 Å². The van der Waals surface area contributed by atoms with Gasteiger partial charge in [0.15, 0.2) is 5.11 Å². The number of rotatable bonds is 7. The molecule has 2 atom stereocenters. The normalized spacial score (nSPS) is 20.9. The highest BCUT2D eigenvalue weighted by Crippen LogP contribution is 2.41. The van der Waals surface area contributed by atoms with Gasteiger partial charge in [0.25, 0.3) is 0 Å². The first-order valence-electron chi connectivity index (χ1n) is 12.3. The number of ether oxygens (including phenoxy) is 1. The zero-order chi connectivity index (χ0) is 24.4. The number of nitrogens with one attached hydrogen (secondary N) is 1. The van der Waals surface area contributed by atoms with Crippen LogP contribution >= 0.6 is 12.2 Å². The van der Waals surface area contributed by atoms with Crippen molar-refractivity contribution in [2.45, 2.75) is 32.4 Å². The molecule has 8 heteroatoms. The molecule has 2 saturated heterocycles. The third-order valence-corrected chi connectivity index (χ3v) is 7.38. The van der Waals surface area contributed by atoms with Gasteiger partial charge in [-0.15, -0.1) is 0 Å². The molecule has 1 N–H and O–H groups in total. The van der Waals surface area contributed by atoms with Gasteiger partial charge in [0.2, 0.25) is 0 Å². The third kappa shape index (κ3) is 4.96. The number of nitrogens with zero attached hydrogens (tertiary/aromatic N) is 4. The largest absolute Gasteiger partial charge is 0.379 e. The van der Waals surface area contributed by atoms with Gasteiger partial charge in [0, 0.05) is 49.5 Å². The van der Waals surface area contributed by atoms with Crippen LogP contribution in [0.15, 0.2) is 54.7 Å². The third-order valence-electron chi connectivity index (χ3n) is 7.03. The quantitative estimate of drug-likeness (QED) is 0.495. The van der Waals surface area contributed by atoms with E-state index < -0.39 is 0 Å². The summed E-state index contributed by atoms with van der Waals surface area (Å²) in [5.41, 5.74) is 5.12. The number of aromatic nitrogens is 2. The Balaban J connectivity index is 1.47. The molecular weight excluding hydrogens is 461 g/mol. The van der Waals surface area contributed by atoms with Gasteiger partial charge in [-0.05, 0) is 74.4 Å². The topological polar surface area (TPSA) is 45.6 Å². The molecule has 0 radical (unpaired) electrons. The Bertz CT molecular complexity index is 1180. The Labute approximate surface area is 211 Å². The van der Waals surface area contributed by atoms with E-state index in [0.29, 0.717) is 0 Å². The van der Waals surface area contributed by atoms with Crippen molar-refractivity contribution in [3.8, 4) is 5.69 Å². The maximum Gasteiger partial charge on any atom is 0.170 e. The summed E-state index contributed by atoms with van der Waals surface area (Å²) < 4.78 is 21.7. The van der Waals surface area contributed by atoms with E-state index in [1.165, 1.54) is 11.6 Å². The minimum atomic E-state index is -0.239. The summed E-state index contributed by atoms with van der Waals surface area (Å²) in [7, 11) is 0. The molecular formula is C27H32FN5OS. The zero-order valence-corrected chi connectivity index (χ0v) is 21.1. The molecule has 0 unspecified atom stereocenters. The van der Waals surface area contributed by atoms with E-state index in [0.717, 1.165) is 73.7 Å². The molecule has 0 spiro atoms. The van der Waals surface area contributed by atoms with Crippen molar-refractivity contribution in [2.75, 3.05) is 39.4 Å². The Hall–Kier alpha value is -2.81. The van der Waals surface area contributed by atoms with Gasteiger partial charge in [-0.1, -0.05) is 12.1 Å². The number of thiocarbonyl (C=S) groups is 1. The van der Waals surface area contributed by atoms with Crippen LogP contribution in [0, 0.1) is 19.7 Å². The van der Waals surface area contributed by atoms with Crippen LogP contribution in [0.4, 0.5) is 4.39 Å². The molecule has 0 bridgehead atoms. The lowest BCUT2D eigenvalue weighted by atomic mass is 9.96. The van der Waals surface area contributed by atoms with Crippen LogP contribution < -0.4 is 5.32 Å². The number of pyridine rings is 1. The van der Waals surface area contributed by atoms with Crippen molar-refractivity contribution in [3.63, 3.8) is 0 Å². The Kier molecular flexibility index (Phi) is 7.13. The van der Waals surface area contributed by atoms with Crippen molar-refractivity contribution >= 4 is 17.3 Å². The highest BCUT2D eigenvalue weighted by atomic mass is 32.1. The smallest absolute Gasteiger partial charge is 0.170 e. The van der Waals surface area contributed by atoms with Crippen LogP contribution in [0.2, 0.25) is 0 Å². The standard InChI is InChI=1S/C27H32FN5OS/c1-19-17-23(20(2)33(19)22-8-5-7-21(28)18-22)26-25(24-9-3-4-10-29-24)30-27(35)32(26)12-6-11-31-13-15-34-16-14-31/h3-5,7-10,17-18,25-26H,6,11-16H2,1-2H3,(H,30,35)/t25-,26+/m1/s1. The average molecular weight is 494 g/mol. The lowest BCUT2D eigenvalue weighted by molar-refractivity contribution is 0.0365. The molecule has 6 nitrogen and oxygen atoms in total. The predicted molar refractivity (Wildman–Crippen MR) is 139 cm³/mol. The molecule has 2 aromatic heterocycles. The molecule has 184 valence electrons. The summed E-state index contributed by atoms with van der Waals surface area (Å²) in [5, 5.41) is 4.31. The second kappa shape index (κ2) is 10.4. The zero-order valence-electron chi connectivity index (χ0n) is 20.3. The molecule has 3 aromatic rings. The van der Waals surface area contributed by atoms with Gasteiger partial charge in [0.05, 0.1) is 31.0 Å². The second-order valence-electron chi connectivity index (χ2n) is 9.27. The molecule has 0 aliphatic carbocycles. The van der Waals surface area contributed by atoms with Crippen molar-refractivity contribution in [1.82, 2.24) is 24.7 Å². The van der Waals surface area contributed by atoms with Crippen molar-refractivity contribution < 1.29 is 9.13 Å². The second-order valence-corrected chi connectivity index (χ2v) is 9.66. The Morgan fingerprint density at radius 3 is 2.66 bits per heavy atom. The number of hydrogen-bond acceptors (Lipinski definition) is 4. The molecule has 2 aliphatic heterocycles. The first kappa shape index (κ1) is 23.9. The van der Waals surface area contributed by atoms with E-state index in [1.807, 2.05) is 24.4 Å². The van der Waals surface area contributed by atoms with Crippen LogP contribution in [-0.2, 0) is 4.74 Å². The van der Waals surface area contributed by atoms with Gasteiger partial charge in [-0.2, -0.15) is 0 Å². The minimum Gasteiger partial charge on any atom is -0.379 e. The van der Waals surface area contributed by atoms with Gasteiger partial charge < -0.3 is 19.5 Å². The van der Waals surface area contributed by atoms with Crippen molar-refractivity contribution in [2.24, 2.45) is 0 Å². The molecule has 4 heterocycles. The van der Waals surface area contributed by atoms with E-state index in [1.54, 1.807) is 12.1 Å². The highest BCUT2D eigenvalue weighted by molar-refractivity contribution is 7.80. The molecule has 0 saturated carbocycles. The maximum absolute atomic E-state index is 14.0. The molecule has 5 rings (SSSR count). The first-order valence-corrected chi connectivity index (χ1v) is 12.7. The Morgan fingerprint density at radius 1 is 1.09 bits per heavy atom. The molecule has 1 aromatic carbocycles. The monoisotopic (exact) mass is 493 g/mol. The summed E-state index contributed by atoms with van der Waals surface area (Å²) in [5.74, 6) is -0.239. The fraction of sp³-hybridized carbons (Fsp3) is 0.407. The number of aryl methyl sites for hydroxylation is 1. The van der Waals surface area contributed by atoms with E-state index in [2.05, 4.69) is 50.6 Å². The number of halogens is 1. The molecule has 0 amide bonds. The van der Waals surface area contributed by atoms with Gasteiger partial charge in [0.1, 0.15) is 5.82 Å². The van der Waals surface area contributed by atoms with Gasteiger partial charge in [-0.3, -0.25) is 9.88 Å². The fourth-order valence-electron chi connectivity index (χ4n) is 5.37. The summed E-state index contributed by atoms with van der Waals surface area (Å²) in [4.78, 5) is 9.43. The SMILES string of the molecule is Cc1cc([C@H]2[C@@H](c3ccccn3)NC(=S)N2CCCN2CCOCC2)c(C)n1-c1cccc(F)c1. The summed E-state index contributed by atoms with van der Waals surface area (Å²) in [6, 6.07) is 14.9. The average Bonchev–Trinajstić information content (AvgIpc) is 3.35. The van der Waals surface area contributed by atoms with Crippen LogP contribution in [-0.4, -0.2) is 63.9 Å². The van der Waals surface area contributed by atoms with Crippen LogP contribution in [0.1, 0.15) is 41.1 Å². The van der Waals surface area contributed by atoms with Gasteiger partial charge in [-0.25, -0.2) is 4.39 Å². The van der Waals surface area contributed by atoms with E-state index in [9.17, 15) is 4.39 Å². The molecule has 2 aliphatic rings. The fourth-order valence-corrected chi connectivity index (χ4v) is 5.71. The lowest BCUT2D eigenvalue weighted by Crippen LogP contribution is -2.39. The van der Waals surface area contributed by atoms with Crippen LogP contribution in [0.5, 0.6) is 0 Å². The molecule has 2 fully saturated rings. The predicted octanol–water partition coefficient (Wildman–Crippen LogP) is 4.32. The number of hydrogen-bond donors (Lipinski definition) is 1. The van der Waals surface area contributed by atoms with Crippen molar-refractivity contribution in [1.29, 1.82) is 0 Å². The van der Waals surface area contributed by atoms with E-state index in [-0.39, 0.29) is 17.9 Å². The summed E-state index contributed by atoms with van der Waals surface area (Å²) in [6.07, 6.45) is 2.84. The van der Waals surface area contributed by atoms with E-state index in [4.69, 9.17) is 17.0 Å². The van der Waals surface area contributed by atoms with Crippen LogP contribution in [0.3, 0.4) is 0 Å². The van der Waals surface area contributed by atoms with Crippen LogP contribution in [0.25, 0.3) is 5.69 Å². The number of benzene rings is 1. The lowest BCUT2D eigenvalue weighted by Gasteiger charge is -2.30. The summed E-state index contributed by atoms with van der Waals surface area (Å²) >= 11 is 5.85. The van der Waals surface area contributed by atoms with Gasteiger partial charge >= 0.3 is 0 Å². The Morgan fingerprint density at radius 2 is 1.91 bits per heavy atom. The number of morpholine rings is 1. The first-order chi connectivity index (χ1) is 17.0. The summed E-state index contributed by atoms with van der Waals surface area (Å²) in [6.45, 7) is 9.62. The molecule has 35 heavy (non-hydrogen) atoms. The highest BCUT2D eigenvalue weighted by Gasteiger charge is 2.41. The minimum absolute atomic E-state index is 0.00408. The maximum atomic E-state index is 14.0. The van der Waals surface area contributed by atoms with E-state index >= 15 is 0 Å².